The van der Waals surface area contributed by atoms with E-state index in [1.54, 1.807) is 41.3 Å². The predicted octanol–water partition coefficient (Wildman–Crippen LogP) is 3.46. The molecule has 3 amide bonds. The molecule has 0 saturated carbocycles. The molecule has 1 aromatic heterocycles. The number of carbonyl (C=O) groups is 4. The van der Waals surface area contributed by atoms with Crippen LogP contribution in [-0.4, -0.2) is 65.2 Å². The number of nitrogens with one attached hydrogen (secondary N) is 2. The summed E-state index contributed by atoms with van der Waals surface area (Å²) < 4.78 is 24.7. The molecule has 16 heteroatoms. The van der Waals surface area contributed by atoms with Crippen LogP contribution in [-0.2, 0) is 28.0 Å². The lowest BCUT2D eigenvalue weighted by molar-refractivity contribution is -0.139. The van der Waals surface area contributed by atoms with Crippen LogP contribution in [0.25, 0.3) is 10.9 Å². The maximum Gasteiger partial charge on any atom is 0.328 e. The van der Waals surface area contributed by atoms with Crippen LogP contribution >= 0.6 is 34.8 Å². The molecular formula is C29H24Cl3N5O7S. The van der Waals surface area contributed by atoms with Crippen LogP contribution in [0.4, 0.5) is 0 Å². The van der Waals surface area contributed by atoms with Crippen LogP contribution in [0, 0.1) is 0 Å². The summed E-state index contributed by atoms with van der Waals surface area (Å²) in [5.41, 5.74) is 1.62. The van der Waals surface area contributed by atoms with Crippen LogP contribution in [0.2, 0.25) is 15.1 Å². The summed E-state index contributed by atoms with van der Waals surface area (Å²) in [5.74, 6) is -3.36. The second-order valence-corrected chi connectivity index (χ2v) is 12.8. The number of rotatable bonds is 8. The van der Waals surface area contributed by atoms with Crippen molar-refractivity contribution in [3.8, 4) is 0 Å². The molecule has 0 bridgehead atoms. The minimum Gasteiger partial charge on any atom is -0.480 e. The van der Waals surface area contributed by atoms with Crippen molar-refractivity contribution in [3.05, 3.63) is 104 Å². The second kappa shape index (κ2) is 12.7. The lowest BCUT2D eigenvalue weighted by atomic mass is 9.96. The molecule has 1 atom stereocenters. The molecule has 12 nitrogen and oxygen atoms in total. The maximum atomic E-state index is 13.3. The molecule has 4 aromatic rings. The Kier molecular flexibility index (Phi) is 9.10. The third kappa shape index (κ3) is 6.63. The third-order valence-electron chi connectivity index (χ3n) is 7.28. The molecule has 0 radical (unpaired) electrons. The number of benzene rings is 3. The summed E-state index contributed by atoms with van der Waals surface area (Å²) >= 11 is 19.0. The molecule has 0 spiro atoms. The highest BCUT2D eigenvalue weighted by molar-refractivity contribution is 7.87. The van der Waals surface area contributed by atoms with Gasteiger partial charge in [-0.1, -0.05) is 53.0 Å². The van der Waals surface area contributed by atoms with E-state index in [-0.39, 0.29) is 44.5 Å². The number of amides is 3. The van der Waals surface area contributed by atoms with Gasteiger partial charge in [-0.25, -0.2) is 13.9 Å². The van der Waals surface area contributed by atoms with Crippen LogP contribution in [0.1, 0.15) is 42.2 Å². The van der Waals surface area contributed by atoms with Crippen LogP contribution in [0.15, 0.2) is 60.8 Å². The highest BCUT2D eigenvalue weighted by Crippen LogP contribution is 2.35. The van der Waals surface area contributed by atoms with E-state index in [0.29, 0.717) is 34.7 Å². The number of nitrogens with zero attached hydrogens (tertiary/aromatic N) is 2. The van der Waals surface area contributed by atoms with Gasteiger partial charge in [0.2, 0.25) is 0 Å². The monoisotopic (exact) mass is 691 g/mol. The van der Waals surface area contributed by atoms with Crippen LogP contribution in [0.3, 0.4) is 0 Å². The summed E-state index contributed by atoms with van der Waals surface area (Å²) in [7, 11) is -4.23. The third-order valence-corrected chi connectivity index (χ3v) is 9.09. The Morgan fingerprint density at radius 2 is 1.69 bits per heavy atom. The molecule has 0 aliphatic carbocycles. The van der Waals surface area contributed by atoms with Gasteiger partial charge in [0.05, 0.1) is 26.7 Å². The molecule has 1 aliphatic heterocycles. The van der Waals surface area contributed by atoms with Gasteiger partial charge in [-0.05, 0) is 53.9 Å². The van der Waals surface area contributed by atoms with E-state index in [0.717, 1.165) is 10.2 Å². The van der Waals surface area contributed by atoms with Crippen molar-refractivity contribution < 1.29 is 32.7 Å². The van der Waals surface area contributed by atoms with Gasteiger partial charge in [0, 0.05) is 41.8 Å². The predicted molar refractivity (Wildman–Crippen MR) is 168 cm³/mol. The molecule has 0 fully saturated rings. The lowest BCUT2D eigenvalue weighted by Crippen LogP contribution is -2.48. The first-order valence-electron chi connectivity index (χ1n) is 13.3. The van der Waals surface area contributed by atoms with E-state index in [9.17, 15) is 32.7 Å². The van der Waals surface area contributed by atoms with E-state index in [1.165, 1.54) is 18.2 Å². The number of fused-ring (bicyclic) bond motifs is 2. The van der Waals surface area contributed by atoms with E-state index in [4.69, 9.17) is 39.9 Å². The molecule has 1 aliphatic rings. The number of nitrogens with two attached hydrogens (primary N) is 1. The fourth-order valence-electron chi connectivity index (χ4n) is 5.07. The average Bonchev–Trinajstić information content (AvgIpc) is 3.39. The zero-order chi connectivity index (χ0) is 32.6. The van der Waals surface area contributed by atoms with Gasteiger partial charge in [-0.3, -0.25) is 14.4 Å². The summed E-state index contributed by atoms with van der Waals surface area (Å²) in [6, 6.07) is 12.5. The van der Waals surface area contributed by atoms with Gasteiger partial charge in [0.15, 0.2) is 0 Å². The first kappa shape index (κ1) is 32.3. The van der Waals surface area contributed by atoms with Crippen molar-refractivity contribution >= 4 is 79.6 Å². The minimum absolute atomic E-state index is 0.0255. The number of aliphatic carboxylic acids is 1. The number of carboxylic acid groups (broad SMARTS) is 1. The molecular weight excluding hydrogens is 669 g/mol. The van der Waals surface area contributed by atoms with Crippen molar-refractivity contribution in [1.29, 1.82) is 0 Å². The van der Waals surface area contributed by atoms with E-state index < -0.39 is 40.6 Å². The molecule has 0 saturated heterocycles. The normalized spacial score (nSPS) is 13.6. The van der Waals surface area contributed by atoms with Crippen LogP contribution in [0.5, 0.6) is 0 Å². The SMILES string of the molecule is NS(=O)(=O)n1cc(C(=O)NC[C@H](NC(=O)c2c(Cl)cc3c(c2Cl)CCN(C(=O)c2ccc(Cl)cc2)C3)C(=O)O)c2ccccc21. The summed E-state index contributed by atoms with van der Waals surface area (Å²) in [6.07, 6.45) is 1.34. The first-order valence-corrected chi connectivity index (χ1v) is 15.9. The molecule has 5 rings (SSSR count). The molecule has 3 aromatic carbocycles. The smallest absolute Gasteiger partial charge is 0.328 e. The fraction of sp³-hybridized carbons (Fsp3) is 0.172. The Bertz CT molecular complexity index is 1980. The van der Waals surface area contributed by atoms with E-state index in [1.807, 2.05) is 0 Å². The van der Waals surface area contributed by atoms with E-state index >= 15 is 0 Å². The quantitative estimate of drug-likeness (QED) is 0.218. The molecule has 45 heavy (non-hydrogen) atoms. The summed E-state index contributed by atoms with van der Waals surface area (Å²) in [4.78, 5) is 52.9. The molecule has 5 N–H and O–H groups in total. The highest BCUT2D eigenvalue weighted by atomic mass is 35.5. The van der Waals surface area contributed by atoms with Crippen molar-refractivity contribution in [2.24, 2.45) is 5.14 Å². The van der Waals surface area contributed by atoms with Crippen molar-refractivity contribution in [2.75, 3.05) is 13.1 Å². The maximum absolute atomic E-state index is 13.3. The molecule has 234 valence electrons. The second-order valence-electron chi connectivity index (χ2n) is 10.1. The first-order chi connectivity index (χ1) is 21.3. The van der Waals surface area contributed by atoms with Gasteiger partial charge in [0.25, 0.3) is 17.7 Å². The van der Waals surface area contributed by atoms with Gasteiger partial charge in [0.1, 0.15) is 6.04 Å². The number of hydrogen-bond acceptors (Lipinski definition) is 6. The number of para-hydroxylation sites is 1. The lowest BCUT2D eigenvalue weighted by Gasteiger charge is -2.30. The standard InChI is InChI=1S/C29H24Cl3N5O7S/c30-17-7-5-15(6-8-17)28(40)36-10-9-18-16(13-36)11-21(31)24(25(18)32)27(39)35-22(29(41)42)12-34-26(38)20-14-37(45(33,43)44)23-4-2-1-3-19(20)23/h1-8,11,14,22H,9-10,12-13H2,(H,34,38)(H,35,39)(H,41,42)(H2,33,43,44)/t22-/m0/s1. The molecule has 2 heterocycles. The number of hydrogen-bond donors (Lipinski definition) is 4. The molecule has 0 unspecified atom stereocenters. The Morgan fingerprint density at radius 3 is 2.36 bits per heavy atom. The Balaban J connectivity index is 1.31. The zero-order valence-corrected chi connectivity index (χ0v) is 26.2. The van der Waals surface area contributed by atoms with Crippen molar-refractivity contribution in [3.63, 3.8) is 0 Å². The van der Waals surface area contributed by atoms with Crippen molar-refractivity contribution in [2.45, 2.75) is 19.0 Å². The van der Waals surface area contributed by atoms with E-state index in [2.05, 4.69) is 10.6 Å². The van der Waals surface area contributed by atoms with Crippen LogP contribution < -0.4 is 15.8 Å². The zero-order valence-electron chi connectivity index (χ0n) is 23.1. The number of carbonyl (C=O) groups excluding carboxylic acids is 3. The Labute approximate surface area is 271 Å². The highest BCUT2D eigenvalue weighted by Gasteiger charge is 2.30. The van der Waals surface area contributed by atoms with Crippen molar-refractivity contribution in [1.82, 2.24) is 19.5 Å². The fourth-order valence-corrected chi connectivity index (χ4v) is 6.65. The Morgan fingerprint density at radius 1 is 1.00 bits per heavy atom. The summed E-state index contributed by atoms with van der Waals surface area (Å²) in [5, 5.41) is 20.5. The topological polar surface area (TPSA) is 181 Å². The number of carboxylic acids is 1. The van der Waals surface area contributed by atoms with Gasteiger partial charge >= 0.3 is 16.2 Å². The average molecular weight is 693 g/mol. The van der Waals surface area contributed by atoms with Gasteiger partial charge in [-0.15, -0.1) is 0 Å². The minimum atomic E-state index is -4.23. The number of aromatic nitrogens is 1. The number of halogens is 3. The van der Waals surface area contributed by atoms with Gasteiger partial charge in [-0.2, -0.15) is 8.42 Å². The van der Waals surface area contributed by atoms with Gasteiger partial charge < -0.3 is 20.6 Å². The Hall–Kier alpha value is -4.14. The largest absolute Gasteiger partial charge is 0.480 e. The summed E-state index contributed by atoms with van der Waals surface area (Å²) in [6.45, 7) is -0.0664.